The summed E-state index contributed by atoms with van der Waals surface area (Å²) in [6.45, 7) is 10.7. The SMILES string of the molecule is C\C=C/C=N\C=C(\C=C/C)C1C=CC(N(/C=C/CCC)/C(=C/CC)CC)=CC1. The van der Waals surface area contributed by atoms with Crippen LogP contribution in [0, 0.1) is 5.92 Å². The van der Waals surface area contributed by atoms with Crippen molar-refractivity contribution < 1.29 is 0 Å². The van der Waals surface area contributed by atoms with E-state index in [0.29, 0.717) is 5.92 Å². The first-order chi connectivity index (χ1) is 13.7. The van der Waals surface area contributed by atoms with Crippen molar-refractivity contribution in [3.8, 4) is 0 Å². The number of unbranched alkanes of at least 4 members (excludes halogenated alkanes) is 1. The molecule has 1 rings (SSSR count). The zero-order chi connectivity index (χ0) is 20.6. The van der Waals surface area contributed by atoms with Crippen molar-refractivity contribution in [3.05, 3.63) is 84.1 Å². The smallest absolute Gasteiger partial charge is 0.0409 e. The van der Waals surface area contributed by atoms with Crippen LogP contribution in [0.1, 0.15) is 66.7 Å². The van der Waals surface area contributed by atoms with Gasteiger partial charge in [-0.3, -0.25) is 4.99 Å². The number of hydrogen-bond donors (Lipinski definition) is 0. The average Bonchev–Trinajstić information content (AvgIpc) is 2.72. The average molecular weight is 379 g/mol. The van der Waals surface area contributed by atoms with Gasteiger partial charge < -0.3 is 4.90 Å². The Bertz CT molecular complexity index is 681. The Kier molecular flexibility index (Phi) is 12.4. The second kappa shape index (κ2) is 14.7. The Morgan fingerprint density at radius 2 is 2.04 bits per heavy atom. The van der Waals surface area contributed by atoms with Gasteiger partial charge in [0.2, 0.25) is 0 Å². The van der Waals surface area contributed by atoms with E-state index in [-0.39, 0.29) is 0 Å². The molecule has 0 saturated carbocycles. The molecule has 2 heteroatoms. The fraction of sp³-hybridized carbons (Fsp3) is 0.423. The number of rotatable bonds is 11. The molecule has 1 aliphatic carbocycles. The van der Waals surface area contributed by atoms with Crippen LogP contribution in [-0.2, 0) is 0 Å². The second-order valence-electron chi connectivity index (χ2n) is 6.78. The van der Waals surface area contributed by atoms with Crippen LogP contribution in [0.15, 0.2) is 89.0 Å². The molecule has 28 heavy (non-hydrogen) atoms. The summed E-state index contributed by atoms with van der Waals surface area (Å²) < 4.78 is 0. The van der Waals surface area contributed by atoms with E-state index in [1.807, 2.05) is 31.5 Å². The minimum absolute atomic E-state index is 0.365. The molecule has 0 aromatic heterocycles. The van der Waals surface area contributed by atoms with E-state index < -0.39 is 0 Å². The molecule has 0 fully saturated rings. The fourth-order valence-corrected chi connectivity index (χ4v) is 3.10. The molecule has 1 atom stereocenters. The first kappa shape index (κ1) is 23.7. The van der Waals surface area contributed by atoms with Crippen molar-refractivity contribution in [2.45, 2.75) is 66.7 Å². The Morgan fingerprint density at radius 1 is 1.21 bits per heavy atom. The molecule has 0 spiro atoms. The number of allylic oxidation sites excluding steroid dienone is 11. The molecule has 152 valence electrons. The second-order valence-corrected chi connectivity index (χ2v) is 6.78. The zero-order valence-electron chi connectivity index (χ0n) is 18.4. The molecule has 0 N–H and O–H groups in total. The Hall–Kier alpha value is -2.35. The van der Waals surface area contributed by atoms with Crippen LogP contribution >= 0.6 is 0 Å². The lowest BCUT2D eigenvalue weighted by Gasteiger charge is -2.28. The van der Waals surface area contributed by atoms with E-state index in [1.54, 1.807) is 0 Å². The van der Waals surface area contributed by atoms with Crippen molar-refractivity contribution >= 4 is 6.21 Å². The van der Waals surface area contributed by atoms with E-state index in [4.69, 9.17) is 0 Å². The van der Waals surface area contributed by atoms with Gasteiger partial charge in [-0.1, -0.05) is 69.7 Å². The van der Waals surface area contributed by atoms with Gasteiger partial charge in [-0.05, 0) is 57.3 Å². The largest absolute Gasteiger partial charge is 0.322 e. The van der Waals surface area contributed by atoms with Gasteiger partial charge in [-0.15, -0.1) is 0 Å². The molecule has 0 bridgehead atoms. The highest BCUT2D eigenvalue weighted by molar-refractivity contribution is 5.71. The zero-order valence-corrected chi connectivity index (χ0v) is 18.4. The van der Waals surface area contributed by atoms with Crippen molar-refractivity contribution in [1.82, 2.24) is 4.90 Å². The lowest BCUT2D eigenvalue weighted by molar-refractivity contribution is 0.550. The topological polar surface area (TPSA) is 15.6 Å². The van der Waals surface area contributed by atoms with E-state index in [1.165, 1.54) is 23.4 Å². The molecule has 0 aromatic rings. The number of aliphatic imine (C=N–C) groups is 1. The summed E-state index contributed by atoms with van der Waals surface area (Å²) in [6, 6.07) is 0. The first-order valence-electron chi connectivity index (χ1n) is 10.7. The van der Waals surface area contributed by atoms with Crippen molar-refractivity contribution in [2.75, 3.05) is 0 Å². The van der Waals surface area contributed by atoms with Crippen LogP contribution in [-0.4, -0.2) is 11.1 Å². The summed E-state index contributed by atoms with van der Waals surface area (Å²) in [6.07, 6.45) is 31.1. The molecular formula is C26H38N2. The predicted molar refractivity (Wildman–Crippen MR) is 126 cm³/mol. The summed E-state index contributed by atoms with van der Waals surface area (Å²) in [5.74, 6) is 0.365. The Labute approximate surface area is 173 Å². The van der Waals surface area contributed by atoms with Gasteiger partial charge in [-0.2, -0.15) is 0 Å². The minimum atomic E-state index is 0.365. The lowest BCUT2D eigenvalue weighted by Crippen LogP contribution is -2.17. The molecule has 1 unspecified atom stereocenters. The molecule has 0 saturated heterocycles. The van der Waals surface area contributed by atoms with Crippen molar-refractivity contribution in [1.29, 1.82) is 0 Å². The third kappa shape index (κ3) is 8.12. The van der Waals surface area contributed by atoms with Gasteiger partial charge in [-0.25, -0.2) is 0 Å². The summed E-state index contributed by atoms with van der Waals surface area (Å²) in [7, 11) is 0. The Balaban J connectivity index is 3.03. The molecule has 0 heterocycles. The van der Waals surface area contributed by atoms with Crippen LogP contribution in [0.5, 0.6) is 0 Å². The third-order valence-electron chi connectivity index (χ3n) is 4.56. The maximum Gasteiger partial charge on any atom is 0.0409 e. The highest BCUT2D eigenvalue weighted by atomic mass is 15.1. The summed E-state index contributed by atoms with van der Waals surface area (Å²) in [5.41, 5.74) is 3.87. The normalized spacial score (nSPS) is 18.9. The van der Waals surface area contributed by atoms with Gasteiger partial charge in [0.25, 0.3) is 0 Å². The summed E-state index contributed by atoms with van der Waals surface area (Å²) >= 11 is 0. The van der Waals surface area contributed by atoms with Gasteiger partial charge in [0.15, 0.2) is 0 Å². The molecule has 0 aromatic carbocycles. The minimum Gasteiger partial charge on any atom is -0.322 e. The van der Waals surface area contributed by atoms with Crippen LogP contribution in [0.25, 0.3) is 0 Å². The molecule has 2 nitrogen and oxygen atoms in total. The molecule has 1 aliphatic rings. The molecule has 0 amide bonds. The van der Waals surface area contributed by atoms with E-state index in [2.05, 4.69) is 86.3 Å². The fourth-order valence-electron chi connectivity index (χ4n) is 3.10. The summed E-state index contributed by atoms with van der Waals surface area (Å²) in [4.78, 5) is 6.77. The van der Waals surface area contributed by atoms with Crippen molar-refractivity contribution in [3.63, 3.8) is 0 Å². The van der Waals surface area contributed by atoms with Crippen LogP contribution in [0.4, 0.5) is 0 Å². The summed E-state index contributed by atoms with van der Waals surface area (Å²) in [5, 5.41) is 0. The van der Waals surface area contributed by atoms with E-state index in [0.717, 1.165) is 25.7 Å². The maximum absolute atomic E-state index is 4.41. The third-order valence-corrected chi connectivity index (χ3v) is 4.56. The standard InChI is InChI=1S/C26H38N2/c1-6-11-13-21-28(25(10-5)15-9-4)26-18-16-23(17-19-26)24(14-8-3)22-27-20-12-7-2/h7-8,12-16,18-23H,6,9-11,17H2,1-5H3/b12-7-,14-8-,21-13+,24-22-,25-15+,27-20-. The molecule has 0 radical (unpaired) electrons. The first-order valence-corrected chi connectivity index (χ1v) is 10.7. The lowest BCUT2D eigenvalue weighted by atomic mass is 9.91. The number of nitrogens with zero attached hydrogens (tertiary/aromatic N) is 2. The van der Waals surface area contributed by atoms with E-state index in [9.17, 15) is 0 Å². The highest BCUT2D eigenvalue weighted by Gasteiger charge is 2.16. The van der Waals surface area contributed by atoms with Gasteiger partial charge >= 0.3 is 0 Å². The number of hydrogen-bond acceptors (Lipinski definition) is 2. The van der Waals surface area contributed by atoms with Crippen LogP contribution in [0.2, 0.25) is 0 Å². The Morgan fingerprint density at radius 3 is 2.61 bits per heavy atom. The quantitative estimate of drug-likeness (QED) is 0.264. The van der Waals surface area contributed by atoms with Crippen LogP contribution < -0.4 is 0 Å². The van der Waals surface area contributed by atoms with Gasteiger partial charge in [0.05, 0.1) is 0 Å². The highest BCUT2D eigenvalue weighted by Crippen LogP contribution is 2.28. The van der Waals surface area contributed by atoms with Gasteiger partial charge in [0, 0.05) is 35.9 Å². The molecule has 0 aliphatic heterocycles. The van der Waals surface area contributed by atoms with Crippen LogP contribution in [0.3, 0.4) is 0 Å². The maximum atomic E-state index is 4.41. The molecular weight excluding hydrogens is 340 g/mol. The monoisotopic (exact) mass is 378 g/mol. The van der Waals surface area contributed by atoms with Crippen molar-refractivity contribution in [2.24, 2.45) is 10.9 Å². The van der Waals surface area contributed by atoms with Gasteiger partial charge in [0.1, 0.15) is 0 Å². The predicted octanol–water partition coefficient (Wildman–Crippen LogP) is 7.87. The van der Waals surface area contributed by atoms with E-state index >= 15 is 0 Å².